The Hall–Kier alpha value is -4.71. The van der Waals surface area contributed by atoms with Crippen molar-refractivity contribution in [2.75, 3.05) is 27.4 Å². The van der Waals surface area contributed by atoms with Crippen LogP contribution in [-0.2, 0) is 24.6 Å². The zero-order chi connectivity index (χ0) is 31.8. The second-order valence-electron chi connectivity index (χ2n) is 11.3. The minimum absolute atomic E-state index is 0.0549. The average molecular weight is 615 g/mol. The minimum atomic E-state index is -1.23. The van der Waals surface area contributed by atoms with E-state index < -0.39 is 46.7 Å². The zero-order valence-electron chi connectivity index (χ0n) is 25.1. The fourth-order valence-corrected chi connectivity index (χ4v) is 6.44. The van der Waals surface area contributed by atoms with E-state index in [9.17, 15) is 19.5 Å². The van der Waals surface area contributed by atoms with Crippen molar-refractivity contribution in [1.82, 2.24) is 9.55 Å². The van der Waals surface area contributed by atoms with Crippen molar-refractivity contribution in [2.45, 2.75) is 36.9 Å². The van der Waals surface area contributed by atoms with E-state index in [1.807, 2.05) is 78.9 Å². The Morgan fingerprint density at radius 2 is 1.53 bits per heavy atom. The van der Waals surface area contributed by atoms with Gasteiger partial charge in [0, 0.05) is 17.7 Å². The van der Waals surface area contributed by atoms with E-state index in [0.29, 0.717) is 17.1 Å². The van der Waals surface area contributed by atoms with Crippen LogP contribution < -0.4 is 20.7 Å². The van der Waals surface area contributed by atoms with Gasteiger partial charge in [-0.25, -0.2) is 4.79 Å². The number of aromatic amines is 1. The van der Waals surface area contributed by atoms with Gasteiger partial charge in [-0.05, 0) is 47.9 Å². The highest BCUT2D eigenvalue weighted by Crippen LogP contribution is 2.52. The summed E-state index contributed by atoms with van der Waals surface area (Å²) < 4.78 is 31.9. The van der Waals surface area contributed by atoms with Crippen LogP contribution in [0, 0.1) is 12.8 Å². The predicted molar refractivity (Wildman–Crippen MR) is 163 cm³/mol. The minimum Gasteiger partial charge on any atom is -0.497 e. The van der Waals surface area contributed by atoms with Crippen molar-refractivity contribution in [2.24, 2.45) is 5.92 Å². The quantitative estimate of drug-likeness (QED) is 0.243. The second-order valence-corrected chi connectivity index (χ2v) is 11.3. The molecule has 11 nitrogen and oxygen atoms in total. The second kappa shape index (κ2) is 12.0. The summed E-state index contributed by atoms with van der Waals surface area (Å²) >= 11 is 0. The number of rotatable bonds is 11. The summed E-state index contributed by atoms with van der Waals surface area (Å²) in [5, 5.41) is 9.91. The number of nitrogens with zero attached hydrogens (tertiary/aromatic N) is 1. The Balaban J connectivity index is 1.47. The van der Waals surface area contributed by atoms with E-state index in [4.69, 9.17) is 23.7 Å². The number of carboxylic acids is 1. The van der Waals surface area contributed by atoms with Gasteiger partial charge in [-0.1, -0.05) is 54.6 Å². The van der Waals surface area contributed by atoms with Crippen molar-refractivity contribution < 1.29 is 33.6 Å². The fourth-order valence-electron chi connectivity index (χ4n) is 6.44. The van der Waals surface area contributed by atoms with Crippen molar-refractivity contribution in [1.29, 1.82) is 0 Å². The lowest BCUT2D eigenvalue weighted by molar-refractivity contribution is -0.202. The van der Waals surface area contributed by atoms with Crippen LogP contribution >= 0.6 is 0 Å². The molecule has 6 rings (SSSR count). The number of aliphatic carboxylic acids is 1. The van der Waals surface area contributed by atoms with Gasteiger partial charge in [-0.3, -0.25) is 19.1 Å². The largest absolute Gasteiger partial charge is 0.497 e. The molecule has 2 aliphatic rings. The summed E-state index contributed by atoms with van der Waals surface area (Å²) in [6, 6.07) is 24.8. The average Bonchev–Trinajstić information content (AvgIpc) is 3.54. The van der Waals surface area contributed by atoms with Gasteiger partial charge in [0.15, 0.2) is 6.23 Å². The summed E-state index contributed by atoms with van der Waals surface area (Å²) in [5.74, 6) is -0.342. The van der Waals surface area contributed by atoms with E-state index in [0.717, 1.165) is 16.7 Å². The molecule has 2 saturated heterocycles. The Morgan fingerprint density at radius 3 is 2.09 bits per heavy atom. The molecule has 11 heteroatoms. The summed E-state index contributed by atoms with van der Waals surface area (Å²) in [7, 11) is 3.20. The van der Waals surface area contributed by atoms with Crippen LogP contribution in [0.15, 0.2) is 94.6 Å². The number of hydrogen-bond acceptors (Lipinski definition) is 8. The summed E-state index contributed by atoms with van der Waals surface area (Å²) in [6.07, 6.45) is -0.598. The third-order valence-electron chi connectivity index (χ3n) is 8.75. The standard InChI is InChI=1S/C34H34N2O9/c1-21-18-36(32(40)35-30(21)39)31-29-27(17-28(37)38)33(45-31,19-43-29)20-44-34(22-7-5-4-6-8-22,23-9-13-25(41-2)14-10-23)24-11-15-26(42-3)16-12-24/h4-16,18,27,29,31H,17,19-20H2,1-3H3,(H,37,38)(H,35,39,40)/t27?,29-,31+,33+/m0/s1. The molecule has 0 aliphatic carbocycles. The number of aryl methyl sites for hydroxylation is 1. The Bertz CT molecular complexity index is 1740. The predicted octanol–water partition coefficient (Wildman–Crippen LogP) is 3.63. The first-order valence-corrected chi connectivity index (χ1v) is 14.5. The van der Waals surface area contributed by atoms with Crippen LogP contribution in [0.5, 0.6) is 11.5 Å². The van der Waals surface area contributed by atoms with Gasteiger partial charge in [0.25, 0.3) is 5.56 Å². The lowest BCUT2D eigenvalue weighted by atomic mass is 9.79. The van der Waals surface area contributed by atoms with Gasteiger partial charge in [-0.15, -0.1) is 0 Å². The number of methoxy groups -OCH3 is 2. The summed E-state index contributed by atoms with van der Waals surface area (Å²) in [5.41, 5.74) is -0.873. The first-order valence-electron chi connectivity index (χ1n) is 14.5. The maximum absolute atomic E-state index is 12.9. The number of hydrogen-bond donors (Lipinski definition) is 2. The van der Waals surface area contributed by atoms with Gasteiger partial charge >= 0.3 is 11.7 Å². The highest BCUT2D eigenvalue weighted by molar-refractivity contribution is 5.67. The Morgan fingerprint density at radius 1 is 0.956 bits per heavy atom. The van der Waals surface area contributed by atoms with Gasteiger partial charge < -0.3 is 28.8 Å². The SMILES string of the molecule is COc1ccc(C(OC[C@]23CO[C@@H](C2CC(=O)O)[C@H](n2cc(C)c(=O)[nH]c2=O)O3)(c2ccccc2)c2ccc(OC)cc2)cc1. The molecule has 4 aromatic rings. The molecule has 2 bridgehead atoms. The van der Waals surface area contributed by atoms with Gasteiger partial charge in [0.05, 0.1) is 33.9 Å². The number of nitrogens with one attached hydrogen (secondary N) is 1. The first-order chi connectivity index (χ1) is 21.7. The number of H-pyrrole nitrogens is 1. The zero-order valence-corrected chi connectivity index (χ0v) is 25.1. The van der Waals surface area contributed by atoms with Crippen LogP contribution in [-0.4, -0.2) is 59.8 Å². The highest BCUT2D eigenvalue weighted by atomic mass is 16.6. The molecule has 0 saturated carbocycles. The van der Waals surface area contributed by atoms with E-state index in [1.165, 1.54) is 10.8 Å². The van der Waals surface area contributed by atoms with Gasteiger partial charge in [0.1, 0.15) is 28.8 Å². The number of ether oxygens (including phenoxy) is 5. The number of carbonyl (C=O) groups is 1. The lowest BCUT2D eigenvalue weighted by Crippen LogP contribution is -2.47. The molecule has 4 atom stereocenters. The monoisotopic (exact) mass is 614 g/mol. The Labute approximate surface area is 258 Å². The first kappa shape index (κ1) is 30.3. The molecule has 0 amide bonds. The summed E-state index contributed by atoms with van der Waals surface area (Å²) in [6.45, 7) is 1.55. The van der Waals surface area contributed by atoms with Crippen molar-refractivity contribution >= 4 is 5.97 Å². The highest BCUT2D eigenvalue weighted by Gasteiger charge is 2.63. The number of benzene rings is 3. The molecule has 0 radical (unpaired) electrons. The molecule has 1 aromatic heterocycles. The van der Waals surface area contributed by atoms with E-state index in [-0.39, 0.29) is 19.6 Å². The Kier molecular flexibility index (Phi) is 8.08. The van der Waals surface area contributed by atoms with Crippen LogP contribution in [0.1, 0.15) is 34.9 Å². The number of fused-ring (bicyclic) bond motifs is 2. The molecule has 2 N–H and O–H groups in total. The van der Waals surface area contributed by atoms with Crippen LogP contribution in [0.3, 0.4) is 0 Å². The molecule has 2 aliphatic heterocycles. The smallest absolute Gasteiger partial charge is 0.330 e. The molecule has 3 heterocycles. The van der Waals surface area contributed by atoms with E-state index >= 15 is 0 Å². The molecule has 234 valence electrons. The third-order valence-corrected chi connectivity index (χ3v) is 8.75. The van der Waals surface area contributed by atoms with Gasteiger partial charge in [0.2, 0.25) is 0 Å². The molecule has 0 spiro atoms. The van der Waals surface area contributed by atoms with Crippen molar-refractivity contribution in [3.63, 3.8) is 0 Å². The number of carboxylic acid groups (broad SMARTS) is 1. The van der Waals surface area contributed by atoms with Crippen LogP contribution in [0.2, 0.25) is 0 Å². The maximum atomic E-state index is 12.9. The molecule has 3 aromatic carbocycles. The molecule has 45 heavy (non-hydrogen) atoms. The van der Waals surface area contributed by atoms with Crippen LogP contribution in [0.25, 0.3) is 0 Å². The molecule has 2 fully saturated rings. The number of aromatic nitrogens is 2. The molecular formula is C34H34N2O9. The van der Waals surface area contributed by atoms with E-state index in [1.54, 1.807) is 21.1 Å². The lowest BCUT2D eigenvalue weighted by Gasteiger charge is -2.40. The van der Waals surface area contributed by atoms with Crippen molar-refractivity contribution in [3.05, 3.63) is 128 Å². The van der Waals surface area contributed by atoms with E-state index in [2.05, 4.69) is 4.98 Å². The third kappa shape index (κ3) is 5.33. The topological polar surface area (TPSA) is 138 Å². The fraction of sp³-hybridized carbons (Fsp3) is 0.324. The normalized spacial score (nSPS) is 22.3. The van der Waals surface area contributed by atoms with Crippen LogP contribution in [0.4, 0.5) is 0 Å². The molecular weight excluding hydrogens is 580 g/mol. The van der Waals surface area contributed by atoms with Gasteiger partial charge in [-0.2, -0.15) is 0 Å². The maximum Gasteiger partial charge on any atom is 0.330 e. The molecule has 1 unspecified atom stereocenters. The van der Waals surface area contributed by atoms with Crippen molar-refractivity contribution in [3.8, 4) is 11.5 Å². The summed E-state index contributed by atoms with van der Waals surface area (Å²) in [4.78, 5) is 39.4.